The number of amides is 1. The molecule has 2 atom stereocenters. The smallest absolute Gasteiger partial charge is 0.409 e. The molecule has 0 bridgehead atoms. The van der Waals surface area contributed by atoms with Crippen molar-refractivity contribution in [3.05, 3.63) is 0 Å². The molecule has 0 radical (unpaired) electrons. The average molecular weight is 211 g/mol. The zero-order chi connectivity index (χ0) is 11.1. The highest BCUT2D eigenvalue weighted by atomic mass is 19.4. The summed E-state index contributed by atoms with van der Waals surface area (Å²) in [5.41, 5.74) is 0. The van der Waals surface area contributed by atoms with Crippen LogP contribution in [0.15, 0.2) is 0 Å². The van der Waals surface area contributed by atoms with Gasteiger partial charge in [-0.25, -0.2) is 0 Å². The van der Waals surface area contributed by atoms with Crippen LogP contribution in [-0.2, 0) is 9.59 Å². The number of hydrogen-bond acceptors (Lipinski definition) is 2. The maximum atomic E-state index is 12.3. The lowest BCUT2D eigenvalue weighted by Crippen LogP contribution is -2.45. The van der Waals surface area contributed by atoms with Crippen molar-refractivity contribution in [2.24, 2.45) is 5.92 Å². The minimum atomic E-state index is -4.69. The number of rotatable bonds is 1. The van der Waals surface area contributed by atoms with E-state index in [1.807, 2.05) is 0 Å². The number of carboxylic acids is 1. The number of halogens is 3. The van der Waals surface area contributed by atoms with E-state index in [1.165, 1.54) is 0 Å². The quantitative estimate of drug-likeness (QED) is 0.686. The average Bonchev–Trinajstić information content (AvgIpc) is 2.27. The summed E-state index contributed by atoms with van der Waals surface area (Å²) in [6.45, 7) is 0. The lowest BCUT2D eigenvalue weighted by Gasteiger charge is -2.25. The predicted molar refractivity (Wildman–Crippen MR) is 38.4 cm³/mol. The van der Waals surface area contributed by atoms with Gasteiger partial charge in [-0.3, -0.25) is 9.59 Å². The van der Waals surface area contributed by atoms with Crippen molar-refractivity contribution in [3.8, 4) is 0 Å². The molecule has 80 valence electrons. The molecule has 7 heteroatoms. The van der Waals surface area contributed by atoms with E-state index >= 15 is 0 Å². The van der Waals surface area contributed by atoms with E-state index in [0.717, 1.165) is 7.05 Å². The van der Waals surface area contributed by atoms with Crippen LogP contribution >= 0.6 is 0 Å². The Morgan fingerprint density at radius 3 is 2.36 bits per heavy atom. The highest BCUT2D eigenvalue weighted by molar-refractivity contribution is 5.87. The Labute approximate surface area is 77.3 Å². The van der Waals surface area contributed by atoms with E-state index < -0.39 is 36.4 Å². The fourth-order valence-electron chi connectivity index (χ4n) is 1.54. The van der Waals surface area contributed by atoms with Crippen LogP contribution in [-0.4, -0.2) is 41.1 Å². The number of likely N-dealkylation sites (tertiary alicyclic amines) is 1. The van der Waals surface area contributed by atoms with Gasteiger partial charge in [-0.05, 0) is 0 Å². The van der Waals surface area contributed by atoms with Crippen LogP contribution in [0.1, 0.15) is 6.42 Å². The van der Waals surface area contributed by atoms with Gasteiger partial charge in [0.05, 0.1) is 5.92 Å². The molecule has 1 N–H and O–H groups in total. The summed E-state index contributed by atoms with van der Waals surface area (Å²) in [5, 5.41) is 8.50. The molecule has 1 rings (SSSR count). The van der Waals surface area contributed by atoms with Crippen molar-refractivity contribution < 1.29 is 27.9 Å². The van der Waals surface area contributed by atoms with Gasteiger partial charge >= 0.3 is 12.1 Å². The van der Waals surface area contributed by atoms with Crippen LogP contribution in [0.5, 0.6) is 0 Å². The summed E-state index contributed by atoms with van der Waals surface area (Å²) < 4.78 is 37.0. The Hall–Kier alpha value is -1.27. The molecule has 1 aliphatic rings. The third kappa shape index (κ3) is 1.66. The standard InChI is InChI=1S/C7H8F3NO3/c1-11-4(12)2-3(6(13)14)5(11)7(8,9)10/h3,5H,2H2,1H3,(H,13,14)/t3-,5-/m0/s1. The molecule has 0 aromatic rings. The molecule has 1 fully saturated rings. The molecule has 0 aromatic carbocycles. The van der Waals surface area contributed by atoms with Gasteiger partial charge in [0, 0.05) is 13.5 Å². The number of nitrogens with zero attached hydrogens (tertiary/aromatic N) is 1. The van der Waals surface area contributed by atoms with Gasteiger partial charge in [-0.15, -0.1) is 0 Å². The van der Waals surface area contributed by atoms with Crippen molar-refractivity contribution in [1.29, 1.82) is 0 Å². The Morgan fingerprint density at radius 1 is 1.57 bits per heavy atom. The van der Waals surface area contributed by atoms with Gasteiger partial charge in [0.1, 0.15) is 6.04 Å². The highest BCUT2D eigenvalue weighted by Crippen LogP contribution is 2.36. The monoisotopic (exact) mass is 211 g/mol. The van der Waals surface area contributed by atoms with Crippen LogP contribution < -0.4 is 0 Å². The topological polar surface area (TPSA) is 57.6 Å². The first-order chi connectivity index (χ1) is 6.25. The van der Waals surface area contributed by atoms with E-state index in [-0.39, 0.29) is 0 Å². The number of carbonyl (C=O) groups is 2. The minimum Gasteiger partial charge on any atom is -0.481 e. The normalized spacial score (nSPS) is 28.3. The zero-order valence-corrected chi connectivity index (χ0v) is 7.21. The molecule has 1 amide bonds. The highest BCUT2D eigenvalue weighted by Gasteiger charge is 2.56. The number of hydrogen-bond donors (Lipinski definition) is 1. The lowest BCUT2D eigenvalue weighted by molar-refractivity contribution is -0.191. The molecular formula is C7H8F3NO3. The maximum Gasteiger partial charge on any atom is 0.409 e. The van der Waals surface area contributed by atoms with Crippen molar-refractivity contribution in [2.45, 2.75) is 18.6 Å². The van der Waals surface area contributed by atoms with Gasteiger partial charge in [-0.2, -0.15) is 13.2 Å². The number of carboxylic acid groups (broad SMARTS) is 1. The number of alkyl halides is 3. The minimum absolute atomic E-state index is 0.443. The second-order valence-corrected chi connectivity index (χ2v) is 3.14. The Kier molecular flexibility index (Phi) is 2.43. The van der Waals surface area contributed by atoms with Gasteiger partial charge in [0.15, 0.2) is 0 Å². The summed E-state index contributed by atoms with van der Waals surface area (Å²) in [5.74, 6) is -4.07. The van der Waals surface area contributed by atoms with E-state index in [9.17, 15) is 22.8 Å². The van der Waals surface area contributed by atoms with Crippen molar-refractivity contribution in [2.75, 3.05) is 7.05 Å². The number of aliphatic carboxylic acids is 1. The molecular weight excluding hydrogens is 203 g/mol. The van der Waals surface area contributed by atoms with E-state index in [2.05, 4.69) is 0 Å². The SMILES string of the molecule is CN1C(=O)C[C@H](C(=O)O)[C@H]1C(F)(F)F. The molecule has 4 nitrogen and oxygen atoms in total. The van der Waals surface area contributed by atoms with Gasteiger partial charge in [-0.1, -0.05) is 0 Å². The second kappa shape index (κ2) is 3.14. The summed E-state index contributed by atoms with van der Waals surface area (Å²) in [7, 11) is 0.962. The summed E-state index contributed by atoms with van der Waals surface area (Å²) in [6, 6.07) is -2.20. The molecule has 0 unspecified atom stereocenters. The van der Waals surface area contributed by atoms with E-state index in [0.29, 0.717) is 4.90 Å². The largest absolute Gasteiger partial charge is 0.481 e. The van der Waals surface area contributed by atoms with Crippen molar-refractivity contribution in [1.82, 2.24) is 4.90 Å². The van der Waals surface area contributed by atoms with Crippen LogP contribution in [0.4, 0.5) is 13.2 Å². The maximum absolute atomic E-state index is 12.3. The predicted octanol–water partition coefficient (Wildman–Crippen LogP) is 0.480. The fourth-order valence-corrected chi connectivity index (χ4v) is 1.54. The van der Waals surface area contributed by atoms with E-state index in [4.69, 9.17) is 5.11 Å². The molecule has 1 saturated heterocycles. The fraction of sp³-hybridized carbons (Fsp3) is 0.714. The Morgan fingerprint density at radius 2 is 2.07 bits per heavy atom. The van der Waals surface area contributed by atoms with Gasteiger partial charge in [0.25, 0.3) is 0 Å². The third-order valence-electron chi connectivity index (χ3n) is 2.24. The first kappa shape index (κ1) is 10.8. The first-order valence-electron chi connectivity index (χ1n) is 3.80. The van der Waals surface area contributed by atoms with Crippen molar-refractivity contribution in [3.63, 3.8) is 0 Å². The number of carbonyl (C=O) groups excluding carboxylic acids is 1. The van der Waals surface area contributed by atoms with Crippen LogP contribution in [0.2, 0.25) is 0 Å². The lowest BCUT2D eigenvalue weighted by atomic mass is 10.0. The van der Waals surface area contributed by atoms with Crippen LogP contribution in [0.3, 0.4) is 0 Å². The second-order valence-electron chi connectivity index (χ2n) is 3.14. The van der Waals surface area contributed by atoms with Crippen molar-refractivity contribution >= 4 is 11.9 Å². The van der Waals surface area contributed by atoms with Gasteiger partial charge < -0.3 is 10.0 Å². The summed E-state index contributed by atoms with van der Waals surface area (Å²) >= 11 is 0. The first-order valence-corrected chi connectivity index (χ1v) is 3.80. The molecule has 0 aliphatic carbocycles. The van der Waals surface area contributed by atoms with Gasteiger partial charge in [0.2, 0.25) is 5.91 Å². The third-order valence-corrected chi connectivity index (χ3v) is 2.24. The molecule has 1 aliphatic heterocycles. The van der Waals surface area contributed by atoms with Crippen LogP contribution in [0, 0.1) is 5.92 Å². The zero-order valence-electron chi connectivity index (χ0n) is 7.21. The molecule has 14 heavy (non-hydrogen) atoms. The molecule has 0 spiro atoms. The van der Waals surface area contributed by atoms with E-state index in [1.54, 1.807) is 0 Å². The Balaban J connectivity index is 2.99. The molecule has 1 heterocycles. The molecule has 0 aromatic heterocycles. The summed E-state index contributed by atoms with van der Waals surface area (Å²) in [4.78, 5) is 21.8. The van der Waals surface area contributed by atoms with Crippen LogP contribution in [0.25, 0.3) is 0 Å². The molecule has 0 saturated carbocycles. The Bertz CT molecular complexity index is 276. The summed E-state index contributed by atoms with van der Waals surface area (Å²) in [6.07, 6.45) is -5.28.